The van der Waals surface area contributed by atoms with Crippen LogP contribution in [0, 0.1) is 0 Å². The van der Waals surface area contributed by atoms with Crippen LogP contribution in [0.15, 0.2) is 60.9 Å². The monoisotopic (exact) mass is 301 g/mol. The average molecular weight is 301 g/mol. The van der Waals surface area contributed by atoms with E-state index in [1.807, 2.05) is 30.6 Å². The van der Waals surface area contributed by atoms with E-state index < -0.39 is 0 Å². The molecule has 0 spiro atoms. The molecule has 3 heteroatoms. The van der Waals surface area contributed by atoms with Gasteiger partial charge in [0, 0.05) is 18.0 Å². The van der Waals surface area contributed by atoms with Gasteiger partial charge in [-0.25, -0.2) is 9.97 Å². The number of hydrogen-bond donors (Lipinski definition) is 0. The van der Waals surface area contributed by atoms with Gasteiger partial charge in [0.05, 0.1) is 11.0 Å². The Morgan fingerprint density at radius 1 is 0.913 bits per heavy atom. The Bertz CT molecular complexity index is 989. The van der Waals surface area contributed by atoms with E-state index >= 15 is 0 Å². The Hall–Kier alpha value is -2.68. The van der Waals surface area contributed by atoms with Gasteiger partial charge in [0.2, 0.25) is 0 Å². The number of hydrogen-bond acceptors (Lipinski definition) is 2. The van der Waals surface area contributed by atoms with Crippen molar-refractivity contribution in [2.24, 2.45) is 0 Å². The Balaban J connectivity index is 1.95. The van der Waals surface area contributed by atoms with Crippen LogP contribution in [-0.2, 0) is 5.41 Å². The number of benzene rings is 2. The minimum Gasteiger partial charge on any atom is -0.296 e. The molecule has 23 heavy (non-hydrogen) atoms. The lowest BCUT2D eigenvalue weighted by atomic mass is 9.86. The second-order valence-corrected chi connectivity index (χ2v) is 6.90. The van der Waals surface area contributed by atoms with Gasteiger partial charge in [-0.3, -0.25) is 4.40 Å². The van der Waals surface area contributed by atoms with Gasteiger partial charge in [-0.15, -0.1) is 0 Å². The fourth-order valence-electron chi connectivity index (χ4n) is 2.93. The third kappa shape index (κ3) is 2.29. The van der Waals surface area contributed by atoms with E-state index in [4.69, 9.17) is 4.98 Å². The van der Waals surface area contributed by atoms with E-state index in [2.05, 4.69) is 60.5 Å². The summed E-state index contributed by atoms with van der Waals surface area (Å²) in [7, 11) is 0. The summed E-state index contributed by atoms with van der Waals surface area (Å²) in [6.45, 7) is 6.68. The quantitative estimate of drug-likeness (QED) is 0.503. The van der Waals surface area contributed by atoms with Gasteiger partial charge in [0.1, 0.15) is 5.69 Å². The smallest absolute Gasteiger partial charge is 0.163 e. The fraction of sp³-hybridized carbons (Fsp3) is 0.200. The first kappa shape index (κ1) is 13.9. The fourth-order valence-corrected chi connectivity index (χ4v) is 2.93. The van der Waals surface area contributed by atoms with Crippen molar-refractivity contribution in [1.82, 2.24) is 14.4 Å². The molecular weight excluding hydrogens is 282 g/mol. The van der Waals surface area contributed by atoms with E-state index in [1.165, 1.54) is 5.56 Å². The van der Waals surface area contributed by atoms with Gasteiger partial charge in [-0.2, -0.15) is 0 Å². The maximum absolute atomic E-state index is 4.85. The van der Waals surface area contributed by atoms with Crippen molar-refractivity contribution in [3.63, 3.8) is 0 Å². The van der Waals surface area contributed by atoms with Crippen LogP contribution in [0.25, 0.3) is 27.9 Å². The summed E-state index contributed by atoms with van der Waals surface area (Å²) >= 11 is 0. The molecule has 0 unspecified atom stereocenters. The third-order valence-corrected chi connectivity index (χ3v) is 4.25. The second-order valence-electron chi connectivity index (χ2n) is 6.90. The molecule has 3 nitrogen and oxygen atoms in total. The zero-order valence-corrected chi connectivity index (χ0v) is 13.6. The highest BCUT2D eigenvalue weighted by atomic mass is 15.0. The molecule has 0 fully saturated rings. The molecule has 2 aromatic carbocycles. The molecule has 114 valence electrons. The van der Waals surface area contributed by atoms with E-state index in [9.17, 15) is 0 Å². The first-order valence-corrected chi connectivity index (χ1v) is 7.87. The number of rotatable bonds is 1. The molecule has 2 aromatic heterocycles. The van der Waals surface area contributed by atoms with Crippen LogP contribution in [0.5, 0.6) is 0 Å². The molecule has 0 N–H and O–H groups in total. The lowest BCUT2D eigenvalue weighted by molar-refractivity contribution is 0.590. The summed E-state index contributed by atoms with van der Waals surface area (Å²) in [4.78, 5) is 9.37. The van der Waals surface area contributed by atoms with Gasteiger partial charge in [-0.1, -0.05) is 57.2 Å². The molecule has 0 amide bonds. The van der Waals surface area contributed by atoms with Crippen LogP contribution in [-0.4, -0.2) is 14.4 Å². The van der Waals surface area contributed by atoms with Crippen molar-refractivity contribution in [2.75, 3.05) is 0 Å². The van der Waals surface area contributed by atoms with Gasteiger partial charge in [-0.05, 0) is 23.1 Å². The number of para-hydroxylation sites is 2. The van der Waals surface area contributed by atoms with Crippen molar-refractivity contribution in [2.45, 2.75) is 26.2 Å². The normalized spacial score (nSPS) is 12.1. The van der Waals surface area contributed by atoms with Crippen LogP contribution in [0.2, 0.25) is 0 Å². The highest BCUT2D eigenvalue weighted by molar-refractivity contribution is 5.85. The minimum absolute atomic E-state index is 0.151. The zero-order valence-electron chi connectivity index (χ0n) is 13.6. The van der Waals surface area contributed by atoms with E-state index in [0.29, 0.717) is 0 Å². The Morgan fingerprint density at radius 2 is 1.65 bits per heavy atom. The van der Waals surface area contributed by atoms with Crippen LogP contribution in [0.1, 0.15) is 26.3 Å². The molecule has 2 heterocycles. The summed E-state index contributed by atoms with van der Waals surface area (Å²) in [5, 5.41) is 0. The molecule has 0 saturated heterocycles. The van der Waals surface area contributed by atoms with Crippen LogP contribution >= 0.6 is 0 Å². The first-order chi connectivity index (χ1) is 11.0. The number of aromatic nitrogens is 3. The summed E-state index contributed by atoms with van der Waals surface area (Å²) < 4.78 is 2.11. The molecule has 0 bridgehead atoms. The summed E-state index contributed by atoms with van der Waals surface area (Å²) in [5.41, 5.74) is 6.45. The van der Waals surface area contributed by atoms with Gasteiger partial charge in [0.25, 0.3) is 0 Å². The molecular formula is C20H19N3. The van der Waals surface area contributed by atoms with Gasteiger partial charge in [0.15, 0.2) is 5.65 Å². The Morgan fingerprint density at radius 3 is 2.39 bits per heavy atom. The van der Waals surface area contributed by atoms with Crippen molar-refractivity contribution in [3.05, 3.63) is 66.5 Å². The molecule has 0 radical (unpaired) electrons. The average Bonchev–Trinajstić information content (AvgIpc) is 3.03. The van der Waals surface area contributed by atoms with Crippen molar-refractivity contribution in [1.29, 1.82) is 0 Å². The molecule has 0 saturated carbocycles. The predicted molar refractivity (Wildman–Crippen MR) is 94.6 cm³/mol. The molecule has 0 aliphatic heterocycles. The van der Waals surface area contributed by atoms with E-state index in [-0.39, 0.29) is 5.41 Å². The lowest BCUT2D eigenvalue weighted by Crippen LogP contribution is -2.10. The zero-order chi connectivity index (χ0) is 16.0. The third-order valence-electron chi connectivity index (χ3n) is 4.25. The van der Waals surface area contributed by atoms with Crippen molar-refractivity contribution < 1.29 is 0 Å². The molecule has 4 rings (SSSR count). The van der Waals surface area contributed by atoms with Crippen LogP contribution in [0.4, 0.5) is 0 Å². The molecule has 4 aromatic rings. The maximum Gasteiger partial charge on any atom is 0.163 e. The summed E-state index contributed by atoms with van der Waals surface area (Å²) in [5.74, 6) is 0. The Labute approximate surface area is 135 Å². The number of nitrogens with zero attached hydrogens (tertiary/aromatic N) is 3. The SMILES string of the molecule is CC(C)(C)c1ccc(-c2nc3ccccc3n3ccnc23)cc1. The minimum atomic E-state index is 0.151. The second kappa shape index (κ2) is 4.92. The predicted octanol–water partition coefficient (Wildman–Crippen LogP) is 4.85. The standard InChI is InChI=1S/C20H19N3/c1-20(2,3)15-10-8-14(9-11-15)18-19-21-12-13-23(19)17-7-5-4-6-16(17)22-18/h4-13H,1-3H3. The van der Waals surface area contributed by atoms with Gasteiger partial charge < -0.3 is 0 Å². The molecule has 0 aliphatic rings. The summed E-state index contributed by atoms with van der Waals surface area (Å²) in [6, 6.07) is 16.8. The van der Waals surface area contributed by atoms with E-state index in [1.54, 1.807) is 0 Å². The highest BCUT2D eigenvalue weighted by Gasteiger charge is 2.15. The lowest BCUT2D eigenvalue weighted by Gasteiger charge is -2.19. The van der Waals surface area contributed by atoms with Crippen LogP contribution in [0.3, 0.4) is 0 Å². The summed E-state index contributed by atoms with van der Waals surface area (Å²) in [6.07, 6.45) is 3.82. The first-order valence-electron chi connectivity index (χ1n) is 7.87. The van der Waals surface area contributed by atoms with Crippen LogP contribution < -0.4 is 0 Å². The Kier molecular flexibility index (Phi) is 2.98. The number of fused-ring (bicyclic) bond motifs is 3. The number of imidazole rings is 1. The topological polar surface area (TPSA) is 30.2 Å². The van der Waals surface area contributed by atoms with E-state index in [0.717, 1.165) is 27.9 Å². The van der Waals surface area contributed by atoms with Crippen molar-refractivity contribution >= 4 is 16.7 Å². The van der Waals surface area contributed by atoms with Crippen molar-refractivity contribution in [3.8, 4) is 11.3 Å². The maximum atomic E-state index is 4.85. The largest absolute Gasteiger partial charge is 0.296 e. The van der Waals surface area contributed by atoms with Gasteiger partial charge >= 0.3 is 0 Å². The molecule has 0 atom stereocenters. The highest BCUT2D eigenvalue weighted by Crippen LogP contribution is 2.28. The molecule has 0 aliphatic carbocycles.